The lowest BCUT2D eigenvalue weighted by molar-refractivity contribution is -0.155. The number of hydrogen-bond donors (Lipinski definition) is 1. The maximum atomic E-state index is 12.4. The van der Waals surface area contributed by atoms with Crippen molar-refractivity contribution in [3.63, 3.8) is 0 Å². The first-order chi connectivity index (χ1) is 8.81. The zero-order valence-electron chi connectivity index (χ0n) is 12.6. The second kappa shape index (κ2) is 6.40. The highest BCUT2D eigenvalue weighted by atomic mass is 16.4. The third kappa shape index (κ3) is 4.22. The van der Waals surface area contributed by atoms with Gasteiger partial charge in [0.1, 0.15) is 0 Å². The van der Waals surface area contributed by atoms with Crippen molar-refractivity contribution in [2.45, 2.75) is 53.4 Å². The van der Waals surface area contributed by atoms with E-state index in [1.807, 2.05) is 25.7 Å². The molecule has 1 aliphatic carbocycles. The third-order valence-corrected chi connectivity index (χ3v) is 4.30. The molecular weight excluding hydrogens is 242 g/mol. The lowest BCUT2D eigenvalue weighted by Gasteiger charge is -2.31. The van der Waals surface area contributed by atoms with Crippen molar-refractivity contribution < 1.29 is 14.7 Å². The van der Waals surface area contributed by atoms with Crippen LogP contribution in [0.15, 0.2) is 0 Å². The Balaban J connectivity index is 2.69. The molecule has 0 radical (unpaired) electrons. The molecule has 1 amide bonds. The summed E-state index contributed by atoms with van der Waals surface area (Å²) < 4.78 is 0. The molecular formula is C15H27NO3. The van der Waals surface area contributed by atoms with Crippen molar-refractivity contribution in [3.8, 4) is 0 Å². The van der Waals surface area contributed by atoms with Crippen LogP contribution >= 0.6 is 0 Å². The van der Waals surface area contributed by atoms with Crippen LogP contribution < -0.4 is 0 Å². The van der Waals surface area contributed by atoms with Crippen molar-refractivity contribution in [1.82, 2.24) is 4.90 Å². The molecule has 0 saturated heterocycles. The van der Waals surface area contributed by atoms with Gasteiger partial charge in [-0.2, -0.15) is 0 Å². The summed E-state index contributed by atoms with van der Waals surface area (Å²) in [4.78, 5) is 25.7. The number of aliphatic carboxylic acids is 1. The summed E-state index contributed by atoms with van der Waals surface area (Å²) in [5, 5.41) is 9.39. The van der Waals surface area contributed by atoms with Gasteiger partial charge in [-0.25, -0.2) is 0 Å². The topological polar surface area (TPSA) is 57.6 Å². The predicted octanol–water partition coefficient (Wildman–Crippen LogP) is 2.77. The van der Waals surface area contributed by atoms with E-state index < -0.39 is 11.4 Å². The highest BCUT2D eigenvalue weighted by Gasteiger charge is 2.40. The standard InChI is InChI=1S/C15H27NO3/c1-5-8-16(10-12-6-7-12)13(17)9-15(4,11(2)3)14(18)19/h11-12H,5-10H2,1-4H3,(H,18,19). The maximum absolute atomic E-state index is 12.4. The fourth-order valence-electron chi connectivity index (χ4n) is 2.15. The molecule has 19 heavy (non-hydrogen) atoms. The van der Waals surface area contributed by atoms with Gasteiger partial charge in [-0.3, -0.25) is 9.59 Å². The molecule has 1 saturated carbocycles. The van der Waals surface area contributed by atoms with Gasteiger partial charge in [0, 0.05) is 19.5 Å². The number of rotatable bonds is 8. The number of hydrogen-bond acceptors (Lipinski definition) is 2. The van der Waals surface area contributed by atoms with Gasteiger partial charge in [0.2, 0.25) is 5.91 Å². The Bertz CT molecular complexity index is 336. The highest BCUT2D eigenvalue weighted by Crippen LogP contribution is 2.34. The van der Waals surface area contributed by atoms with Crippen molar-refractivity contribution >= 4 is 11.9 Å². The molecule has 0 aromatic heterocycles. The number of nitrogens with zero attached hydrogens (tertiary/aromatic N) is 1. The monoisotopic (exact) mass is 269 g/mol. The average molecular weight is 269 g/mol. The van der Waals surface area contributed by atoms with E-state index >= 15 is 0 Å². The lowest BCUT2D eigenvalue weighted by atomic mass is 9.76. The Morgan fingerprint density at radius 1 is 1.37 bits per heavy atom. The molecule has 4 nitrogen and oxygen atoms in total. The Kier molecular flexibility index (Phi) is 5.39. The number of carbonyl (C=O) groups is 2. The first-order valence-electron chi connectivity index (χ1n) is 7.32. The summed E-state index contributed by atoms with van der Waals surface area (Å²) in [6, 6.07) is 0. The van der Waals surface area contributed by atoms with Gasteiger partial charge >= 0.3 is 5.97 Å². The van der Waals surface area contributed by atoms with E-state index in [9.17, 15) is 14.7 Å². The minimum Gasteiger partial charge on any atom is -0.481 e. The van der Waals surface area contributed by atoms with Gasteiger partial charge in [0.25, 0.3) is 0 Å². The molecule has 1 N–H and O–H groups in total. The van der Waals surface area contributed by atoms with Gasteiger partial charge in [-0.15, -0.1) is 0 Å². The molecule has 1 atom stereocenters. The first-order valence-corrected chi connectivity index (χ1v) is 7.32. The summed E-state index contributed by atoms with van der Waals surface area (Å²) in [6.45, 7) is 9.01. The quantitative estimate of drug-likeness (QED) is 0.737. The molecule has 1 fully saturated rings. The Hall–Kier alpha value is -1.06. The van der Waals surface area contributed by atoms with Crippen LogP contribution in [0.4, 0.5) is 0 Å². The fraction of sp³-hybridized carbons (Fsp3) is 0.867. The van der Waals surface area contributed by atoms with E-state index in [0.29, 0.717) is 5.92 Å². The Morgan fingerprint density at radius 3 is 2.32 bits per heavy atom. The van der Waals surface area contributed by atoms with Gasteiger partial charge in [0.15, 0.2) is 0 Å². The number of carbonyl (C=O) groups excluding carboxylic acids is 1. The molecule has 110 valence electrons. The molecule has 0 heterocycles. The van der Waals surface area contributed by atoms with Crippen LogP contribution in [0.1, 0.15) is 53.4 Å². The summed E-state index contributed by atoms with van der Waals surface area (Å²) >= 11 is 0. The average Bonchev–Trinajstić information content (AvgIpc) is 3.11. The summed E-state index contributed by atoms with van der Waals surface area (Å²) in [5.41, 5.74) is -0.966. The summed E-state index contributed by atoms with van der Waals surface area (Å²) in [5.74, 6) is -0.296. The second-order valence-corrected chi connectivity index (χ2v) is 6.34. The number of carboxylic acids is 1. The smallest absolute Gasteiger partial charge is 0.310 e. The Morgan fingerprint density at radius 2 is 1.95 bits per heavy atom. The van der Waals surface area contributed by atoms with Crippen molar-refractivity contribution in [3.05, 3.63) is 0 Å². The summed E-state index contributed by atoms with van der Waals surface area (Å²) in [7, 11) is 0. The molecule has 1 unspecified atom stereocenters. The van der Waals surface area contributed by atoms with Gasteiger partial charge in [-0.05, 0) is 38.0 Å². The van der Waals surface area contributed by atoms with Gasteiger partial charge in [0.05, 0.1) is 5.41 Å². The highest BCUT2D eigenvalue weighted by molar-refractivity contribution is 5.85. The third-order valence-electron chi connectivity index (χ3n) is 4.30. The SMILES string of the molecule is CCCN(CC1CC1)C(=O)CC(C)(C(=O)O)C(C)C. The van der Waals surface area contributed by atoms with Crippen LogP contribution in [0, 0.1) is 17.3 Å². The molecule has 0 aromatic carbocycles. The second-order valence-electron chi connectivity index (χ2n) is 6.34. The lowest BCUT2D eigenvalue weighted by Crippen LogP contribution is -2.42. The zero-order chi connectivity index (χ0) is 14.6. The minimum atomic E-state index is -0.966. The van der Waals surface area contributed by atoms with Crippen LogP contribution in [0.2, 0.25) is 0 Å². The van der Waals surface area contributed by atoms with Gasteiger partial charge in [-0.1, -0.05) is 20.8 Å². The number of carboxylic acid groups (broad SMARTS) is 1. The maximum Gasteiger partial charge on any atom is 0.310 e. The fourth-order valence-corrected chi connectivity index (χ4v) is 2.15. The van der Waals surface area contributed by atoms with Gasteiger partial charge < -0.3 is 10.0 Å². The van der Waals surface area contributed by atoms with E-state index in [0.717, 1.165) is 19.5 Å². The van der Waals surface area contributed by atoms with Crippen LogP contribution in [-0.4, -0.2) is 35.0 Å². The van der Waals surface area contributed by atoms with Crippen LogP contribution in [0.5, 0.6) is 0 Å². The minimum absolute atomic E-state index is 0.00708. The molecule has 1 rings (SSSR count). The van der Waals surface area contributed by atoms with Crippen molar-refractivity contribution in [2.75, 3.05) is 13.1 Å². The van der Waals surface area contributed by atoms with Crippen molar-refractivity contribution in [1.29, 1.82) is 0 Å². The first kappa shape index (κ1) is 16.0. The van der Waals surface area contributed by atoms with E-state index in [1.54, 1.807) is 6.92 Å². The normalized spacial score (nSPS) is 18.2. The molecule has 4 heteroatoms. The molecule has 0 aromatic rings. The van der Waals surface area contributed by atoms with E-state index in [-0.39, 0.29) is 18.2 Å². The van der Waals surface area contributed by atoms with E-state index in [2.05, 4.69) is 0 Å². The molecule has 0 spiro atoms. The predicted molar refractivity (Wildman–Crippen MR) is 74.8 cm³/mol. The van der Waals surface area contributed by atoms with E-state index in [4.69, 9.17) is 0 Å². The zero-order valence-corrected chi connectivity index (χ0v) is 12.6. The van der Waals surface area contributed by atoms with E-state index in [1.165, 1.54) is 12.8 Å². The van der Waals surface area contributed by atoms with Crippen LogP contribution in [0.25, 0.3) is 0 Å². The molecule has 0 bridgehead atoms. The summed E-state index contributed by atoms with van der Waals surface area (Å²) in [6.07, 6.45) is 3.43. The largest absolute Gasteiger partial charge is 0.481 e. The van der Waals surface area contributed by atoms with Crippen LogP contribution in [0.3, 0.4) is 0 Å². The number of amides is 1. The Labute approximate surface area is 116 Å². The molecule has 1 aliphatic rings. The van der Waals surface area contributed by atoms with Crippen LogP contribution in [-0.2, 0) is 9.59 Å². The molecule has 0 aliphatic heterocycles. The van der Waals surface area contributed by atoms with Crippen molar-refractivity contribution in [2.24, 2.45) is 17.3 Å².